The molecule has 0 saturated carbocycles. The molecule has 4 nitrogen and oxygen atoms in total. The highest BCUT2D eigenvalue weighted by molar-refractivity contribution is 5.91. The molecule has 0 bridgehead atoms. The molecule has 0 radical (unpaired) electrons. The van der Waals surface area contributed by atoms with Gasteiger partial charge in [0.25, 0.3) is 0 Å². The molecule has 1 aliphatic rings. The van der Waals surface area contributed by atoms with Gasteiger partial charge in [-0.1, -0.05) is 42.5 Å². The highest BCUT2D eigenvalue weighted by Crippen LogP contribution is 2.35. The molecule has 4 aromatic rings. The van der Waals surface area contributed by atoms with E-state index < -0.39 is 0 Å². The summed E-state index contributed by atoms with van der Waals surface area (Å²) in [6.45, 7) is 1.94. The smallest absolute Gasteiger partial charge is 0.162 e. The van der Waals surface area contributed by atoms with Crippen molar-refractivity contribution in [1.29, 1.82) is 0 Å². The van der Waals surface area contributed by atoms with E-state index in [1.807, 2.05) is 36.7 Å². The Balaban J connectivity index is 1.53. The number of aromatic nitrogens is 3. The summed E-state index contributed by atoms with van der Waals surface area (Å²) in [6.07, 6.45) is 3.73. The van der Waals surface area contributed by atoms with Crippen LogP contribution in [0.25, 0.3) is 22.3 Å². The molecule has 0 N–H and O–H groups in total. The quantitative estimate of drug-likeness (QED) is 0.559. The predicted molar refractivity (Wildman–Crippen MR) is 104 cm³/mol. The van der Waals surface area contributed by atoms with E-state index in [4.69, 9.17) is 9.97 Å². The van der Waals surface area contributed by atoms with Crippen LogP contribution >= 0.6 is 0 Å². The molecule has 2 aromatic heterocycles. The first-order valence-corrected chi connectivity index (χ1v) is 8.85. The van der Waals surface area contributed by atoms with Crippen LogP contribution < -0.4 is 4.90 Å². The summed E-state index contributed by atoms with van der Waals surface area (Å²) in [7, 11) is 0. The first-order chi connectivity index (χ1) is 12.9. The molecule has 2 aromatic carbocycles. The normalized spacial score (nSPS) is 14.4. The fourth-order valence-electron chi connectivity index (χ4n) is 3.52. The molecule has 1 saturated heterocycles. The molecule has 26 heavy (non-hydrogen) atoms. The number of pyridine rings is 1. The average molecular weight is 338 g/mol. The van der Waals surface area contributed by atoms with Crippen LogP contribution in [-0.4, -0.2) is 28.0 Å². The number of hydrogen-bond donors (Lipinski definition) is 0. The molecule has 0 amide bonds. The van der Waals surface area contributed by atoms with Gasteiger partial charge in [-0.15, -0.1) is 0 Å². The Bertz CT molecular complexity index is 1040. The van der Waals surface area contributed by atoms with E-state index in [2.05, 4.69) is 52.3 Å². The van der Waals surface area contributed by atoms with Gasteiger partial charge in [0.05, 0.1) is 5.52 Å². The highest BCUT2D eigenvalue weighted by atomic mass is 15.2. The number of hydrogen-bond acceptors (Lipinski definition) is 4. The molecular weight excluding hydrogens is 320 g/mol. The maximum atomic E-state index is 4.92. The lowest BCUT2D eigenvalue weighted by Gasteiger charge is -2.41. The lowest BCUT2D eigenvalue weighted by molar-refractivity contribution is 0.521. The van der Waals surface area contributed by atoms with Crippen LogP contribution in [0.3, 0.4) is 0 Å². The van der Waals surface area contributed by atoms with Crippen molar-refractivity contribution < 1.29 is 0 Å². The molecule has 1 fully saturated rings. The van der Waals surface area contributed by atoms with Crippen molar-refractivity contribution in [2.45, 2.75) is 5.92 Å². The third-order valence-corrected chi connectivity index (χ3v) is 4.97. The first kappa shape index (κ1) is 15.0. The highest BCUT2D eigenvalue weighted by Gasteiger charge is 2.30. The first-order valence-electron chi connectivity index (χ1n) is 8.85. The standard InChI is InChI=1S/C22H18N4/c1-2-6-17(7-3-1)21-24-20-9-5-4-8-19(20)22(25-21)26-14-18(15-26)16-10-12-23-13-11-16/h1-13,18H,14-15H2. The van der Waals surface area contributed by atoms with Crippen LogP contribution in [0.15, 0.2) is 79.1 Å². The van der Waals surface area contributed by atoms with Crippen LogP contribution in [-0.2, 0) is 0 Å². The molecule has 4 heteroatoms. The van der Waals surface area contributed by atoms with Crippen LogP contribution in [0.4, 0.5) is 5.82 Å². The van der Waals surface area contributed by atoms with Crippen molar-refractivity contribution in [1.82, 2.24) is 15.0 Å². The second-order valence-electron chi connectivity index (χ2n) is 6.64. The summed E-state index contributed by atoms with van der Waals surface area (Å²) in [6, 6.07) is 22.7. The van der Waals surface area contributed by atoms with Gasteiger partial charge < -0.3 is 4.90 Å². The van der Waals surface area contributed by atoms with E-state index in [1.54, 1.807) is 0 Å². The molecule has 0 aliphatic carbocycles. The minimum absolute atomic E-state index is 0.534. The monoisotopic (exact) mass is 338 g/mol. The van der Waals surface area contributed by atoms with E-state index in [-0.39, 0.29) is 0 Å². The summed E-state index contributed by atoms with van der Waals surface area (Å²) >= 11 is 0. The van der Waals surface area contributed by atoms with Crippen LogP contribution in [0.1, 0.15) is 11.5 Å². The number of fused-ring (bicyclic) bond motifs is 1. The number of anilines is 1. The number of benzene rings is 2. The fourth-order valence-corrected chi connectivity index (χ4v) is 3.52. The SMILES string of the molecule is c1ccc(-c2nc(N3CC(c4ccncc4)C3)c3ccccc3n2)cc1. The maximum Gasteiger partial charge on any atom is 0.162 e. The van der Waals surface area contributed by atoms with Crippen LogP contribution in [0.5, 0.6) is 0 Å². The van der Waals surface area contributed by atoms with Crippen LogP contribution in [0.2, 0.25) is 0 Å². The van der Waals surface area contributed by atoms with Gasteiger partial charge in [-0.25, -0.2) is 9.97 Å². The van der Waals surface area contributed by atoms with Crippen molar-refractivity contribution in [3.63, 3.8) is 0 Å². The van der Waals surface area contributed by atoms with Crippen molar-refractivity contribution in [2.24, 2.45) is 0 Å². The molecule has 0 spiro atoms. The zero-order valence-corrected chi connectivity index (χ0v) is 14.3. The molecule has 126 valence electrons. The van der Waals surface area contributed by atoms with Gasteiger partial charge in [-0.2, -0.15) is 0 Å². The maximum absolute atomic E-state index is 4.92. The summed E-state index contributed by atoms with van der Waals surface area (Å²) in [4.78, 5) is 16.2. The van der Waals surface area contributed by atoms with Gasteiger partial charge in [0.15, 0.2) is 5.82 Å². The predicted octanol–water partition coefficient (Wildman–Crippen LogP) is 4.30. The Morgan fingerprint density at radius 1 is 0.769 bits per heavy atom. The number of para-hydroxylation sites is 1. The fraction of sp³-hybridized carbons (Fsp3) is 0.136. The van der Waals surface area contributed by atoms with E-state index >= 15 is 0 Å². The summed E-state index contributed by atoms with van der Waals surface area (Å²) in [5.41, 5.74) is 3.38. The Labute approximate surface area is 152 Å². The number of rotatable bonds is 3. The molecule has 1 aliphatic heterocycles. The largest absolute Gasteiger partial charge is 0.355 e. The molecule has 5 rings (SSSR count). The second-order valence-corrected chi connectivity index (χ2v) is 6.64. The van der Waals surface area contributed by atoms with Crippen LogP contribution in [0, 0.1) is 0 Å². The second kappa shape index (κ2) is 6.23. The van der Waals surface area contributed by atoms with Gasteiger partial charge in [-0.3, -0.25) is 4.98 Å². The van der Waals surface area contributed by atoms with Gasteiger partial charge >= 0.3 is 0 Å². The third kappa shape index (κ3) is 2.60. The summed E-state index contributed by atoms with van der Waals surface area (Å²) in [5, 5.41) is 1.11. The van der Waals surface area contributed by atoms with Crippen molar-refractivity contribution in [2.75, 3.05) is 18.0 Å². The minimum Gasteiger partial charge on any atom is -0.355 e. The zero-order chi connectivity index (χ0) is 17.3. The topological polar surface area (TPSA) is 41.9 Å². The van der Waals surface area contributed by atoms with Gasteiger partial charge in [0, 0.05) is 42.4 Å². The third-order valence-electron chi connectivity index (χ3n) is 4.97. The Hall–Kier alpha value is -3.27. The zero-order valence-electron chi connectivity index (χ0n) is 14.3. The molecule has 3 heterocycles. The average Bonchev–Trinajstić information content (AvgIpc) is 2.68. The number of nitrogens with zero attached hydrogens (tertiary/aromatic N) is 4. The van der Waals surface area contributed by atoms with E-state index in [9.17, 15) is 0 Å². The Morgan fingerprint density at radius 3 is 2.31 bits per heavy atom. The summed E-state index contributed by atoms with van der Waals surface area (Å²) < 4.78 is 0. The van der Waals surface area contributed by atoms with E-state index in [1.165, 1.54) is 5.56 Å². The van der Waals surface area contributed by atoms with Crippen molar-refractivity contribution >= 4 is 16.7 Å². The van der Waals surface area contributed by atoms with Gasteiger partial charge in [0.2, 0.25) is 0 Å². The minimum atomic E-state index is 0.534. The van der Waals surface area contributed by atoms with Crippen molar-refractivity contribution in [3.8, 4) is 11.4 Å². The molecule has 0 atom stereocenters. The van der Waals surface area contributed by atoms with E-state index in [0.717, 1.165) is 41.2 Å². The van der Waals surface area contributed by atoms with Gasteiger partial charge in [0.1, 0.15) is 5.82 Å². The lowest BCUT2D eigenvalue weighted by Crippen LogP contribution is -2.45. The molecule has 0 unspecified atom stereocenters. The molecular formula is C22H18N4. The Morgan fingerprint density at radius 2 is 1.50 bits per heavy atom. The van der Waals surface area contributed by atoms with Gasteiger partial charge in [-0.05, 0) is 29.8 Å². The van der Waals surface area contributed by atoms with Crippen molar-refractivity contribution in [3.05, 3.63) is 84.7 Å². The Kier molecular flexibility index (Phi) is 3.60. The van der Waals surface area contributed by atoms with E-state index in [0.29, 0.717) is 5.92 Å². The summed E-state index contributed by atoms with van der Waals surface area (Å²) in [5.74, 6) is 2.35. The lowest BCUT2D eigenvalue weighted by atomic mass is 9.92.